The van der Waals surface area contributed by atoms with Gasteiger partial charge in [0, 0.05) is 24.5 Å². The maximum Gasteiger partial charge on any atom is 0.229 e. The lowest BCUT2D eigenvalue weighted by Crippen LogP contribution is -2.29. The quantitative estimate of drug-likeness (QED) is 0.643. The van der Waals surface area contributed by atoms with Gasteiger partial charge in [0.2, 0.25) is 10.0 Å². The predicted octanol–water partition coefficient (Wildman–Crippen LogP) is -0.151. The van der Waals surface area contributed by atoms with Gasteiger partial charge < -0.3 is 15.1 Å². The minimum Gasteiger partial charge on any atom is -0.395 e. The largest absolute Gasteiger partial charge is 0.395 e. The molecule has 1 aromatic carbocycles. The summed E-state index contributed by atoms with van der Waals surface area (Å²) < 4.78 is 24.4. The maximum absolute atomic E-state index is 11.0. The fourth-order valence-electron chi connectivity index (χ4n) is 1.57. The first-order valence-electron chi connectivity index (χ1n) is 5.51. The van der Waals surface area contributed by atoms with Gasteiger partial charge in [-0.1, -0.05) is 0 Å². The van der Waals surface area contributed by atoms with Gasteiger partial charge in [0.25, 0.3) is 0 Å². The van der Waals surface area contributed by atoms with E-state index in [4.69, 9.17) is 10.2 Å². The Morgan fingerprint density at radius 1 is 1.11 bits per heavy atom. The lowest BCUT2D eigenvalue weighted by molar-refractivity contribution is 0.281. The molecule has 0 saturated heterocycles. The van der Waals surface area contributed by atoms with E-state index in [0.29, 0.717) is 18.8 Å². The average Bonchev–Trinajstić information content (AvgIpc) is 2.28. The minimum absolute atomic E-state index is 0.0106. The van der Waals surface area contributed by atoms with E-state index in [1.165, 1.54) is 0 Å². The fourth-order valence-corrected chi connectivity index (χ4v) is 2.13. The molecule has 18 heavy (non-hydrogen) atoms. The molecule has 0 aromatic heterocycles. The topological polar surface area (TPSA) is 89.9 Å². The summed E-state index contributed by atoms with van der Waals surface area (Å²) in [4.78, 5) is 1.81. The first kappa shape index (κ1) is 14.7. The molecule has 0 fully saturated rings. The molecule has 0 aliphatic rings. The summed E-state index contributed by atoms with van der Waals surface area (Å²) >= 11 is 0. The number of nitrogens with one attached hydrogen (secondary N) is 1. The van der Waals surface area contributed by atoms with Gasteiger partial charge in [-0.25, -0.2) is 8.42 Å². The average molecular weight is 274 g/mol. The minimum atomic E-state index is -3.27. The van der Waals surface area contributed by atoms with Gasteiger partial charge in [-0.15, -0.1) is 0 Å². The summed E-state index contributed by atoms with van der Waals surface area (Å²) in [5.41, 5.74) is 1.30. The third-order valence-electron chi connectivity index (χ3n) is 2.28. The molecule has 0 heterocycles. The van der Waals surface area contributed by atoms with E-state index < -0.39 is 10.0 Å². The molecule has 3 N–H and O–H groups in total. The number of sulfonamides is 1. The van der Waals surface area contributed by atoms with Crippen LogP contribution in [0.1, 0.15) is 0 Å². The van der Waals surface area contributed by atoms with Crippen LogP contribution in [-0.2, 0) is 10.0 Å². The lowest BCUT2D eigenvalue weighted by Gasteiger charge is -2.23. The molecule has 1 rings (SSSR count). The number of benzene rings is 1. The van der Waals surface area contributed by atoms with Crippen molar-refractivity contribution < 1.29 is 18.6 Å². The molecule has 0 saturated carbocycles. The SMILES string of the molecule is CS(=O)(=O)Nc1ccc(N(CCO)CCO)cc1. The molecule has 0 spiro atoms. The fraction of sp³-hybridized carbons (Fsp3) is 0.455. The number of aliphatic hydroxyl groups is 2. The van der Waals surface area contributed by atoms with E-state index >= 15 is 0 Å². The molecule has 0 atom stereocenters. The van der Waals surface area contributed by atoms with Crippen molar-refractivity contribution in [2.24, 2.45) is 0 Å². The summed E-state index contributed by atoms with van der Waals surface area (Å²) in [7, 11) is -3.27. The highest BCUT2D eigenvalue weighted by Gasteiger charge is 2.06. The van der Waals surface area contributed by atoms with E-state index in [2.05, 4.69) is 4.72 Å². The summed E-state index contributed by atoms with van der Waals surface area (Å²) in [6, 6.07) is 6.74. The van der Waals surface area contributed by atoms with Crippen LogP contribution in [0, 0.1) is 0 Å². The first-order valence-corrected chi connectivity index (χ1v) is 7.40. The zero-order chi connectivity index (χ0) is 13.6. The van der Waals surface area contributed by atoms with Crippen LogP contribution in [0.4, 0.5) is 11.4 Å². The second-order valence-corrected chi connectivity index (χ2v) is 5.60. The monoisotopic (exact) mass is 274 g/mol. The maximum atomic E-state index is 11.0. The Morgan fingerprint density at radius 3 is 2.00 bits per heavy atom. The van der Waals surface area contributed by atoms with Gasteiger partial charge in [-0.05, 0) is 24.3 Å². The van der Waals surface area contributed by atoms with Crippen molar-refractivity contribution in [1.82, 2.24) is 0 Å². The van der Waals surface area contributed by atoms with Crippen LogP contribution in [-0.4, -0.2) is 51.2 Å². The second kappa shape index (κ2) is 6.58. The number of hydrogen-bond acceptors (Lipinski definition) is 5. The first-order chi connectivity index (χ1) is 8.46. The number of nitrogens with zero attached hydrogens (tertiary/aromatic N) is 1. The normalized spacial score (nSPS) is 11.3. The van der Waals surface area contributed by atoms with E-state index in [-0.39, 0.29) is 13.2 Å². The Kier molecular flexibility index (Phi) is 5.39. The smallest absolute Gasteiger partial charge is 0.229 e. The van der Waals surface area contributed by atoms with Crippen molar-refractivity contribution in [3.8, 4) is 0 Å². The Hall–Kier alpha value is -1.31. The van der Waals surface area contributed by atoms with E-state index in [1.54, 1.807) is 24.3 Å². The van der Waals surface area contributed by atoms with Crippen LogP contribution in [0.25, 0.3) is 0 Å². The molecule has 0 bridgehead atoms. The molecule has 7 heteroatoms. The Morgan fingerprint density at radius 2 is 1.61 bits per heavy atom. The van der Waals surface area contributed by atoms with Crippen LogP contribution in [0.15, 0.2) is 24.3 Å². The van der Waals surface area contributed by atoms with Crippen molar-refractivity contribution in [3.05, 3.63) is 24.3 Å². The summed E-state index contributed by atoms with van der Waals surface area (Å²) in [6.07, 6.45) is 1.09. The van der Waals surface area contributed by atoms with Gasteiger partial charge >= 0.3 is 0 Å². The van der Waals surface area contributed by atoms with Gasteiger partial charge in [-0.2, -0.15) is 0 Å². The van der Waals surface area contributed by atoms with Crippen molar-refractivity contribution >= 4 is 21.4 Å². The number of aliphatic hydroxyl groups excluding tert-OH is 2. The Bertz CT molecular complexity index is 452. The standard InChI is InChI=1S/C11H18N2O4S/c1-18(16,17)12-10-2-4-11(5-3-10)13(6-8-14)7-9-15/h2-5,12,14-15H,6-9H2,1H3. The van der Waals surface area contributed by atoms with Crippen LogP contribution < -0.4 is 9.62 Å². The van der Waals surface area contributed by atoms with Crippen LogP contribution >= 0.6 is 0 Å². The summed E-state index contributed by atoms with van der Waals surface area (Å²) in [6.45, 7) is 0.811. The third-order valence-corrected chi connectivity index (χ3v) is 2.88. The second-order valence-electron chi connectivity index (χ2n) is 3.86. The molecular weight excluding hydrogens is 256 g/mol. The van der Waals surface area contributed by atoms with E-state index in [1.807, 2.05) is 4.90 Å². The summed E-state index contributed by atoms with van der Waals surface area (Å²) in [5, 5.41) is 17.8. The van der Waals surface area contributed by atoms with Gasteiger partial charge in [0.05, 0.1) is 19.5 Å². The molecule has 0 aliphatic carbocycles. The van der Waals surface area contributed by atoms with Crippen LogP contribution in [0.5, 0.6) is 0 Å². The summed E-state index contributed by atoms with van der Waals surface area (Å²) in [5.74, 6) is 0. The highest BCUT2D eigenvalue weighted by Crippen LogP contribution is 2.18. The molecule has 0 amide bonds. The van der Waals surface area contributed by atoms with Crippen LogP contribution in [0.3, 0.4) is 0 Å². The van der Waals surface area contributed by atoms with Crippen molar-refractivity contribution in [2.45, 2.75) is 0 Å². The Balaban J connectivity index is 2.79. The zero-order valence-electron chi connectivity index (χ0n) is 10.2. The lowest BCUT2D eigenvalue weighted by atomic mass is 10.2. The number of rotatable bonds is 7. The van der Waals surface area contributed by atoms with Gasteiger partial charge in [0.15, 0.2) is 0 Å². The molecular formula is C11H18N2O4S. The van der Waals surface area contributed by atoms with Crippen molar-refractivity contribution in [3.63, 3.8) is 0 Å². The number of hydrogen-bond donors (Lipinski definition) is 3. The number of anilines is 2. The molecule has 0 radical (unpaired) electrons. The van der Waals surface area contributed by atoms with E-state index in [9.17, 15) is 8.42 Å². The van der Waals surface area contributed by atoms with Gasteiger partial charge in [-0.3, -0.25) is 4.72 Å². The van der Waals surface area contributed by atoms with Crippen molar-refractivity contribution in [2.75, 3.05) is 42.2 Å². The highest BCUT2D eigenvalue weighted by atomic mass is 32.2. The third kappa shape index (κ3) is 4.91. The van der Waals surface area contributed by atoms with E-state index in [0.717, 1.165) is 11.9 Å². The van der Waals surface area contributed by atoms with Gasteiger partial charge in [0.1, 0.15) is 0 Å². The molecule has 1 aromatic rings. The van der Waals surface area contributed by atoms with Crippen molar-refractivity contribution in [1.29, 1.82) is 0 Å². The predicted molar refractivity (Wildman–Crippen MR) is 71.3 cm³/mol. The molecule has 0 aliphatic heterocycles. The molecule has 6 nitrogen and oxygen atoms in total. The zero-order valence-corrected chi connectivity index (χ0v) is 11.0. The highest BCUT2D eigenvalue weighted by molar-refractivity contribution is 7.92. The molecule has 0 unspecified atom stereocenters. The Labute approximate surface area is 107 Å². The van der Waals surface area contributed by atoms with Crippen LogP contribution in [0.2, 0.25) is 0 Å². The molecule has 102 valence electrons.